The molecule has 88 valence electrons. The fourth-order valence-corrected chi connectivity index (χ4v) is 1.56. The largest absolute Gasteiger partial charge is 0.468 e. The summed E-state index contributed by atoms with van der Waals surface area (Å²) >= 11 is 0. The van der Waals surface area contributed by atoms with Gasteiger partial charge in [0, 0.05) is 0 Å². The summed E-state index contributed by atoms with van der Waals surface area (Å²) in [6.07, 6.45) is 0. The summed E-state index contributed by atoms with van der Waals surface area (Å²) in [5.74, 6) is -0.761. The number of esters is 1. The lowest BCUT2D eigenvalue weighted by atomic mass is 10.0. The third-order valence-corrected chi connectivity index (χ3v) is 2.40. The fraction of sp³-hybridized carbons (Fsp3) is 0.417. The van der Waals surface area contributed by atoms with Crippen LogP contribution < -0.4 is 5.32 Å². The van der Waals surface area contributed by atoms with Crippen molar-refractivity contribution in [1.29, 1.82) is 0 Å². The van der Waals surface area contributed by atoms with Crippen LogP contribution in [0.25, 0.3) is 0 Å². The number of methoxy groups -OCH3 is 1. The van der Waals surface area contributed by atoms with Crippen molar-refractivity contribution in [1.82, 2.24) is 5.32 Å². The zero-order valence-corrected chi connectivity index (χ0v) is 9.71. The maximum Gasteiger partial charge on any atom is 0.327 e. The monoisotopic (exact) mass is 225 g/mol. The van der Waals surface area contributed by atoms with Crippen molar-refractivity contribution < 1.29 is 13.9 Å². The van der Waals surface area contributed by atoms with E-state index in [-0.39, 0.29) is 5.82 Å². The molecule has 0 amide bonds. The molecule has 0 heterocycles. The third kappa shape index (κ3) is 2.79. The highest BCUT2D eigenvalue weighted by Gasteiger charge is 2.22. The molecule has 0 fully saturated rings. The average molecular weight is 225 g/mol. The van der Waals surface area contributed by atoms with Gasteiger partial charge in [-0.05, 0) is 36.7 Å². The van der Waals surface area contributed by atoms with Crippen molar-refractivity contribution in [2.45, 2.75) is 19.9 Å². The Kier molecular flexibility index (Phi) is 4.43. The number of carbonyl (C=O) groups is 1. The lowest BCUT2D eigenvalue weighted by molar-refractivity contribution is -0.143. The van der Waals surface area contributed by atoms with Crippen molar-refractivity contribution in [3.8, 4) is 0 Å². The van der Waals surface area contributed by atoms with E-state index in [9.17, 15) is 9.18 Å². The Morgan fingerprint density at radius 2 is 2.25 bits per heavy atom. The molecule has 0 bridgehead atoms. The normalized spacial score (nSPS) is 12.2. The summed E-state index contributed by atoms with van der Waals surface area (Å²) in [7, 11) is 1.32. The molecule has 1 unspecified atom stereocenters. The van der Waals surface area contributed by atoms with Crippen LogP contribution in [0.2, 0.25) is 0 Å². The van der Waals surface area contributed by atoms with E-state index in [0.717, 1.165) is 5.56 Å². The summed E-state index contributed by atoms with van der Waals surface area (Å²) in [5.41, 5.74) is 1.48. The molecule has 1 N–H and O–H groups in total. The fourth-order valence-electron chi connectivity index (χ4n) is 1.56. The molecule has 0 aromatic heterocycles. The molecule has 16 heavy (non-hydrogen) atoms. The number of likely N-dealkylation sites (N-methyl/N-ethyl adjacent to an activating group) is 1. The van der Waals surface area contributed by atoms with Crippen LogP contribution in [0.1, 0.15) is 24.1 Å². The smallest absolute Gasteiger partial charge is 0.327 e. The third-order valence-electron chi connectivity index (χ3n) is 2.40. The molecule has 3 nitrogen and oxygen atoms in total. The van der Waals surface area contributed by atoms with Gasteiger partial charge in [-0.1, -0.05) is 13.0 Å². The minimum Gasteiger partial charge on any atom is -0.468 e. The van der Waals surface area contributed by atoms with Crippen LogP contribution in [0.15, 0.2) is 18.2 Å². The van der Waals surface area contributed by atoms with Gasteiger partial charge in [-0.25, -0.2) is 9.18 Å². The van der Waals surface area contributed by atoms with Gasteiger partial charge in [0.05, 0.1) is 7.11 Å². The number of hydrogen-bond donors (Lipinski definition) is 1. The molecule has 4 heteroatoms. The number of nitrogens with one attached hydrogen (secondary N) is 1. The van der Waals surface area contributed by atoms with Gasteiger partial charge in [-0.3, -0.25) is 0 Å². The van der Waals surface area contributed by atoms with Crippen molar-refractivity contribution in [2.75, 3.05) is 13.7 Å². The van der Waals surface area contributed by atoms with E-state index in [1.807, 2.05) is 13.8 Å². The van der Waals surface area contributed by atoms with Gasteiger partial charge < -0.3 is 10.1 Å². The van der Waals surface area contributed by atoms with Crippen LogP contribution in [0.3, 0.4) is 0 Å². The number of carbonyl (C=O) groups excluding carboxylic acids is 1. The second-order valence-corrected chi connectivity index (χ2v) is 3.51. The average Bonchev–Trinajstić information content (AvgIpc) is 2.28. The van der Waals surface area contributed by atoms with E-state index < -0.39 is 12.0 Å². The van der Waals surface area contributed by atoms with Crippen molar-refractivity contribution in [3.05, 3.63) is 35.1 Å². The second kappa shape index (κ2) is 5.61. The zero-order valence-electron chi connectivity index (χ0n) is 9.71. The number of aryl methyl sites for hydroxylation is 1. The van der Waals surface area contributed by atoms with Gasteiger partial charge in [-0.2, -0.15) is 0 Å². The topological polar surface area (TPSA) is 38.3 Å². The van der Waals surface area contributed by atoms with Gasteiger partial charge in [0.25, 0.3) is 0 Å². The molecule has 0 saturated heterocycles. The molecule has 0 aliphatic rings. The molecule has 1 rings (SSSR count). The SMILES string of the molecule is CCNC(C(=O)OC)c1cc(F)ccc1C. The molecule has 0 aliphatic heterocycles. The number of ether oxygens (including phenoxy) is 1. The van der Waals surface area contributed by atoms with Gasteiger partial charge >= 0.3 is 5.97 Å². The van der Waals surface area contributed by atoms with Crippen LogP contribution in [0.4, 0.5) is 4.39 Å². The Labute approximate surface area is 94.6 Å². The van der Waals surface area contributed by atoms with E-state index in [1.54, 1.807) is 6.07 Å². The molecular weight excluding hydrogens is 209 g/mol. The molecule has 0 aliphatic carbocycles. The molecule has 0 spiro atoms. The van der Waals surface area contributed by atoms with Gasteiger partial charge in [0.2, 0.25) is 0 Å². The van der Waals surface area contributed by atoms with Crippen molar-refractivity contribution in [2.24, 2.45) is 0 Å². The predicted octanol–water partition coefficient (Wildman–Crippen LogP) is 1.96. The first kappa shape index (κ1) is 12.6. The van der Waals surface area contributed by atoms with E-state index >= 15 is 0 Å². The molecular formula is C12H16FNO2. The van der Waals surface area contributed by atoms with Crippen LogP contribution >= 0.6 is 0 Å². The predicted molar refractivity (Wildman–Crippen MR) is 59.6 cm³/mol. The number of hydrogen-bond acceptors (Lipinski definition) is 3. The van der Waals surface area contributed by atoms with Gasteiger partial charge in [0.1, 0.15) is 11.9 Å². The molecule has 1 aromatic rings. The number of rotatable bonds is 4. The molecule has 1 aromatic carbocycles. The minimum atomic E-state index is -0.606. The van der Waals surface area contributed by atoms with Crippen LogP contribution in [-0.2, 0) is 9.53 Å². The standard InChI is InChI=1S/C12H16FNO2/c1-4-14-11(12(15)16-3)10-7-9(13)6-5-8(10)2/h5-7,11,14H,4H2,1-3H3. The van der Waals surface area contributed by atoms with E-state index in [0.29, 0.717) is 12.1 Å². The maximum atomic E-state index is 13.1. The summed E-state index contributed by atoms with van der Waals surface area (Å²) in [5, 5.41) is 2.98. The molecule has 1 atom stereocenters. The first-order valence-electron chi connectivity index (χ1n) is 5.17. The summed E-state index contributed by atoms with van der Waals surface area (Å²) < 4.78 is 17.8. The highest BCUT2D eigenvalue weighted by molar-refractivity contribution is 5.78. The lowest BCUT2D eigenvalue weighted by Crippen LogP contribution is -2.30. The Hall–Kier alpha value is -1.42. The maximum absolute atomic E-state index is 13.1. The summed E-state index contributed by atoms with van der Waals surface area (Å²) in [4.78, 5) is 11.6. The Morgan fingerprint density at radius 3 is 2.81 bits per heavy atom. The Balaban J connectivity index is 3.09. The quantitative estimate of drug-likeness (QED) is 0.796. The van der Waals surface area contributed by atoms with Crippen LogP contribution in [0.5, 0.6) is 0 Å². The first-order chi connectivity index (χ1) is 7.60. The van der Waals surface area contributed by atoms with Gasteiger partial charge in [0.15, 0.2) is 0 Å². The summed E-state index contributed by atoms with van der Waals surface area (Å²) in [6, 6.07) is 3.78. The number of benzene rings is 1. The van der Waals surface area contributed by atoms with Crippen molar-refractivity contribution in [3.63, 3.8) is 0 Å². The first-order valence-corrected chi connectivity index (χ1v) is 5.17. The molecule has 0 saturated carbocycles. The van der Waals surface area contributed by atoms with E-state index in [4.69, 9.17) is 4.74 Å². The highest BCUT2D eigenvalue weighted by atomic mass is 19.1. The Bertz CT molecular complexity index is 379. The van der Waals surface area contributed by atoms with Crippen LogP contribution in [0, 0.1) is 12.7 Å². The highest BCUT2D eigenvalue weighted by Crippen LogP contribution is 2.20. The minimum absolute atomic E-state index is 0.354. The molecule has 0 radical (unpaired) electrons. The van der Waals surface area contributed by atoms with Crippen molar-refractivity contribution >= 4 is 5.97 Å². The second-order valence-electron chi connectivity index (χ2n) is 3.51. The zero-order chi connectivity index (χ0) is 12.1. The van der Waals surface area contributed by atoms with Crippen LogP contribution in [-0.4, -0.2) is 19.6 Å². The lowest BCUT2D eigenvalue weighted by Gasteiger charge is -2.17. The van der Waals surface area contributed by atoms with Gasteiger partial charge in [-0.15, -0.1) is 0 Å². The number of halogens is 1. The Morgan fingerprint density at radius 1 is 1.56 bits per heavy atom. The summed E-state index contributed by atoms with van der Waals surface area (Å²) in [6.45, 7) is 4.32. The van der Waals surface area contributed by atoms with E-state index in [2.05, 4.69) is 5.32 Å². The van der Waals surface area contributed by atoms with E-state index in [1.165, 1.54) is 19.2 Å².